The van der Waals surface area contributed by atoms with Gasteiger partial charge >= 0.3 is 0 Å². The molecule has 1 heterocycles. The van der Waals surface area contributed by atoms with Crippen molar-refractivity contribution in [2.75, 3.05) is 19.5 Å². The lowest BCUT2D eigenvalue weighted by Crippen LogP contribution is -2.12. The molecule has 3 aromatic rings. The lowest BCUT2D eigenvalue weighted by molar-refractivity contribution is 0.102. The highest BCUT2D eigenvalue weighted by atomic mass is 16.5. The van der Waals surface area contributed by atoms with Crippen molar-refractivity contribution in [3.05, 3.63) is 47.8 Å². The van der Waals surface area contributed by atoms with Crippen LogP contribution in [0.25, 0.3) is 11.0 Å². The fourth-order valence-electron chi connectivity index (χ4n) is 2.56. The van der Waals surface area contributed by atoms with E-state index in [1.165, 1.54) is 0 Å². The smallest absolute Gasteiger partial charge is 0.255 e. The van der Waals surface area contributed by atoms with Crippen LogP contribution >= 0.6 is 0 Å². The number of anilines is 1. The zero-order valence-corrected chi connectivity index (χ0v) is 14.1. The van der Waals surface area contributed by atoms with Crippen LogP contribution in [0.4, 0.5) is 5.69 Å². The normalized spacial score (nSPS) is 10.7. The molecule has 0 fully saturated rings. The summed E-state index contributed by atoms with van der Waals surface area (Å²) in [6.07, 6.45) is 0. The first-order valence-corrected chi connectivity index (χ1v) is 7.50. The Morgan fingerprint density at radius 3 is 2.62 bits per heavy atom. The van der Waals surface area contributed by atoms with Crippen molar-refractivity contribution in [2.45, 2.75) is 6.92 Å². The zero-order chi connectivity index (χ0) is 17.3. The first kappa shape index (κ1) is 15.9. The average molecular weight is 325 g/mol. The SMILES string of the molecule is COc1ccc(NC(=O)c2ccc3c(c2)nc(C)n3C)c(OC)c1. The summed E-state index contributed by atoms with van der Waals surface area (Å²) in [6, 6.07) is 10.7. The number of carbonyl (C=O) groups excluding carboxylic acids is 1. The van der Waals surface area contributed by atoms with Gasteiger partial charge in [0.25, 0.3) is 5.91 Å². The van der Waals surface area contributed by atoms with Crippen molar-refractivity contribution < 1.29 is 14.3 Å². The summed E-state index contributed by atoms with van der Waals surface area (Å²) in [7, 11) is 5.08. The number of methoxy groups -OCH3 is 2. The molecule has 24 heavy (non-hydrogen) atoms. The van der Waals surface area contributed by atoms with Gasteiger partial charge in [0.1, 0.15) is 17.3 Å². The third kappa shape index (κ3) is 2.78. The molecule has 0 unspecified atom stereocenters. The molecule has 0 bridgehead atoms. The molecule has 6 heteroatoms. The van der Waals surface area contributed by atoms with Gasteiger partial charge in [0.2, 0.25) is 0 Å². The quantitative estimate of drug-likeness (QED) is 0.800. The monoisotopic (exact) mass is 325 g/mol. The van der Waals surface area contributed by atoms with E-state index >= 15 is 0 Å². The van der Waals surface area contributed by atoms with Gasteiger partial charge in [0.15, 0.2) is 0 Å². The van der Waals surface area contributed by atoms with Gasteiger partial charge in [0, 0.05) is 18.7 Å². The van der Waals surface area contributed by atoms with Crippen molar-refractivity contribution >= 4 is 22.6 Å². The maximum Gasteiger partial charge on any atom is 0.255 e. The van der Waals surface area contributed by atoms with Gasteiger partial charge in [0.05, 0.1) is 30.9 Å². The van der Waals surface area contributed by atoms with E-state index in [0.29, 0.717) is 22.7 Å². The lowest BCUT2D eigenvalue weighted by Gasteiger charge is -2.11. The Kier molecular flexibility index (Phi) is 4.12. The second-order valence-electron chi connectivity index (χ2n) is 5.44. The van der Waals surface area contributed by atoms with E-state index < -0.39 is 0 Å². The van der Waals surface area contributed by atoms with Crippen LogP contribution in [0.5, 0.6) is 11.5 Å². The van der Waals surface area contributed by atoms with Crippen molar-refractivity contribution in [1.29, 1.82) is 0 Å². The number of nitrogens with one attached hydrogen (secondary N) is 1. The number of fused-ring (bicyclic) bond motifs is 1. The number of imidazole rings is 1. The average Bonchev–Trinajstić information content (AvgIpc) is 2.89. The van der Waals surface area contributed by atoms with Gasteiger partial charge in [-0.3, -0.25) is 4.79 Å². The van der Waals surface area contributed by atoms with Crippen molar-refractivity contribution in [2.24, 2.45) is 7.05 Å². The molecule has 2 aromatic carbocycles. The van der Waals surface area contributed by atoms with E-state index in [-0.39, 0.29) is 5.91 Å². The first-order chi connectivity index (χ1) is 11.5. The molecule has 124 valence electrons. The minimum atomic E-state index is -0.219. The predicted molar refractivity (Wildman–Crippen MR) is 93.0 cm³/mol. The number of amides is 1. The van der Waals surface area contributed by atoms with Crippen LogP contribution in [0, 0.1) is 6.92 Å². The van der Waals surface area contributed by atoms with Crippen molar-refractivity contribution in [3.8, 4) is 11.5 Å². The van der Waals surface area contributed by atoms with Crippen molar-refractivity contribution in [1.82, 2.24) is 9.55 Å². The van der Waals surface area contributed by atoms with Gasteiger partial charge in [-0.1, -0.05) is 0 Å². The second-order valence-corrected chi connectivity index (χ2v) is 5.44. The Hall–Kier alpha value is -3.02. The van der Waals surface area contributed by atoms with E-state index in [2.05, 4.69) is 10.3 Å². The highest BCUT2D eigenvalue weighted by Gasteiger charge is 2.13. The minimum absolute atomic E-state index is 0.219. The minimum Gasteiger partial charge on any atom is -0.497 e. The number of rotatable bonds is 4. The summed E-state index contributed by atoms with van der Waals surface area (Å²) in [5, 5.41) is 2.86. The molecule has 1 amide bonds. The molecule has 0 radical (unpaired) electrons. The molecular formula is C18H19N3O3. The highest BCUT2D eigenvalue weighted by Crippen LogP contribution is 2.29. The number of carbonyl (C=O) groups is 1. The Balaban J connectivity index is 1.90. The molecule has 1 aromatic heterocycles. The largest absolute Gasteiger partial charge is 0.497 e. The van der Waals surface area contributed by atoms with E-state index in [1.807, 2.05) is 24.6 Å². The summed E-state index contributed by atoms with van der Waals surface area (Å²) >= 11 is 0. The fourth-order valence-corrected chi connectivity index (χ4v) is 2.56. The molecule has 0 aliphatic heterocycles. The molecule has 0 spiro atoms. The summed E-state index contributed by atoms with van der Waals surface area (Å²) in [4.78, 5) is 17.0. The van der Waals surface area contributed by atoms with Gasteiger partial charge in [-0.05, 0) is 37.3 Å². The number of hydrogen-bond donors (Lipinski definition) is 1. The van der Waals surface area contributed by atoms with Gasteiger partial charge < -0.3 is 19.4 Å². The van der Waals surface area contributed by atoms with Crippen LogP contribution in [0.15, 0.2) is 36.4 Å². The summed E-state index contributed by atoms with van der Waals surface area (Å²) in [6.45, 7) is 1.93. The fraction of sp³-hybridized carbons (Fsp3) is 0.222. The zero-order valence-electron chi connectivity index (χ0n) is 14.1. The highest BCUT2D eigenvalue weighted by molar-refractivity contribution is 6.06. The molecule has 6 nitrogen and oxygen atoms in total. The maximum atomic E-state index is 12.5. The van der Waals surface area contributed by atoms with E-state index in [4.69, 9.17) is 9.47 Å². The molecule has 0 atom stereocenters. The molecule has 0 saturated heterocycles. The topological polar surface area (TPSA) is 65.4 Å². The van der Waals surface area contributed by atoms with Crippen LogP contribution in [0.2, 0.25) is 0 Å². The van der Waals surface area contributed by atoms with E-state index in [9.17, 15) is 4.79 Å². The standard InChI is InChI=1S/C18H19N3O3/c1-11-19-15-9-12(5-8-16(15)21(11)2)18(22)20-14-7-6-13(23-3)10-17(14)24-4/h5-10H,1-4H3,(H,20,22). The van der Waals surface area contributed by atoms with Gasteiger partial charge in [-0.25, -0.2) is 4.98 Å². The van der Waals surface area contributed by atoms with Crippen molar-refractivity contribution in [3.63, 3.8) is 0 Å². The van der Waals surface area contributed by atoms with Gasteiger partial charge in [-0.2, -0.15) is 0 Å². The lowest BCUT2D eigenvalue weighted by atomic mass is 10.1. The molecule has 0 aliphatic carbocycles. The Labute approximate surface area is 140 Å². The number of ether oxygens (including phenoxy) is 2. The van der Waals surface area contributed by atoms with Crippen LogP contribution in [0.3, 0.4) is 0 Å². The third-order valence-electron chi connectivity index (χ3n) is 4.02. The molecule has 0 aliphatic rings. The summed E-state index contributed by atoms with van der Waals surface area (Å²) < 4.78 is 12.5. The predicted octanol–water partition coefficient (Wildman–Crippen LogP) is 3.15. The van der Waals surface area contributed by atoms with Crippen LogP contribution in [-0.2, 0) is 7.05 Å². The second kappa shape index (κ2) is 6.23. The Morgan fingerprint density at radius 1 is 1.12 bits per heavy atom. The number of aryl methyl sites for hydroxylation is 2. The number of hydrogen-bond acceptors (Lipinski definition) is 4. The molecular weight excluding hydrogens is 306 g/mol. The van der Waals surface area contributed by atoms with Crippen LogP contribution in [-0.4, -0.2) is 29.7 Å². The first-order valence-electron chi connectivity index (χ1n) is 7.50. The number of aromatic nitrogens is 2. The van der Waals surface area contributed by atoms with Crippen LogP contribution in [0.1, 0.15) is 16.2 Å². The third-order valence-corrected chi connectivity index (χ3v) is 4.02. The van der Waals surface area contributed by atoms with Gasteiger partial charge in [-0.15, -0.1) is 0 Å². The van der Waals surface area contributed by atoms with Crippen LogP contribution < -0.4 is 14.8 Å². The Morgan fingerprint density at radius 2 is 1.92 bits per heavy atom. The molecule has 1 N–H and O–H groups in total. The summed E-state index contributed by atoms with van der Waals surface area (Å²) in [5.41, 5.74) is 2.91. The number of nitrogens with zero attached hydrogens (tertiary/aromatic N) is 2. The van der Waals surface area contributed by atoms with E-state index in [1.54, 1.807) is 44.6 Å². The Bertz CT molecular complexity index is 915. The number of benzene rings is 2. The molecule has 3 rings (SSSR count). The summed E-state index contributed by atoms with van der Waals surface area (Å²) in [5.74, 6) is 1.88. The van der Waals surface area contributed by atoms with E-state index in [0.717, 1.165) is 16.9 Å². The maximum absolute atomic E-state index is 12.5. The molecule has 0 saturated carbocycles.